The molecule has 4 aliphatic carbocycles. The van der Waals surface area contributed by atoms with Gasteiger partial charge in [-0.2, -0.15) is 5.26 Å². The first-order valence-corrected chi connectivity index (χ1v) is 16.6. The van der Waals surface area contributed by atoms with Crippen LogP contribution in [0.1, 0.15) is 49.7 Å². The van der Waals surface area contributed by atoms with Crippen molar-refractivity contribution in [3.05, 3.63) is 126 Å². The molecule has 10 rings (SSSR count). The molecule has 4 fully saturated rings. The average molecular weight is 595 g/mol. The van der Waals surface area contributed by atoms with Crippen molar-refractivity contribution in [2.45, 2.75) is 43.9 Å². The van der Waals surface area contributed by atoms with Gasteiger partial charge < -0.3 is 0 Å². The SMILES string of the molecule is N#Cc1cccc2c(-c3nc(-c4ccccc4)nc(-c4ccccc4)n3)ccc(-c3ccc(C45CC6CC(CC(C6)C4)C5)cc3)c12. The van der Waals surface area contributed by atoms with Crippen LogP contribution in [0.2, 0.25) is 0 Å². The summed E-state index contributed by atoms with van der Waals surface area (Å²) < 4.78 is 0. The van der Waals surface area contributed by atoms with Gasteiger partial charge in [-0.3, -0.25) is 0 Å². The molecule has 222 valence electrons. The lowest BCUT2D eigenvalue weighted by molar-refractivity contribution is -0.00518. The van der Waals surface area contributed by atoms with Gasteiger partial charge >= 0.3 is 0 Å². The standard InChI is InChI=1S/C42H34N4/c43-26-33-12-7-13-36-37(41-45-39(31-8-3-1-4-9-31)44-40(46-41)32-10-5-2-6-11-32)19-18-35(38(33)36)30-14-16-34(17-15-30)42-23-27-20-28(24-42)22-29(21-27)25-42/h1-19,27-29H,20-25H2. The zero-order chi connectivity index (χ0) is 30.7. The van der Waals surface area contributed by atoms with Gasteiger partial charge in [0.1, 0.15) is 0 Å². The minimum absolute atomic E-state index is 0.364. The minimum Gasteiger partial charge on any atom is -0.208 e. The van der Waals surface area contributed by atoms with Crippen LogP contribution in [0, 0.1) is 29.1 Å². The van der Waals surface area contributed by atoms with Gasteiger partial charge in [0.05, 0.1) is 11.6 Å². The first kappa shape index (κ1) is 27.2. The molecule has 4 aliphatic rings. The average Bonchev–Trinajstić information content (AvgIpc) is 3.11. The van der Waals surface area contributed by atoms with Gasteiger partial charge in [-0.25, -0.2) is 15.0 Å². The molecule has 46 heavy (non-hydrogen) atoms. The van der Waals surface area contributed by atoms with Gasteiger partial charge in [-0.05, 0) is 95.9 Å². The van der Waals surface area contributed by atoms with E-state index < -0.39 is 0 Å². The molecule has 4 saturated carbocycles. The second-order valence-electron chi connectivity index (χ2n) is 13.8. The molecule has 5 aromatic carbocycles. The maximum absolute atomic E-state index is 10.3. The van der Waals surface area contributed by atoms with Crippen LogP contribution in [-0.4, -0.2) is 15.0 Å². The van der Waals surface area contributed by atoms with Crippen LogP contribution < -0.4 is 0 Å². The van der Waals surface area contributed by atoms with E-state index in [9.17, 15) is 5.26 Å². The minimum atomic E-state index is 0.364. The third kappa shape index (κ3) is 4.53. The molecule has 0 spiro atoms. The first-order chi connectivity index (χ1) is 22.7. The van der Waals surface area contributed by atoms with E-state index in [1.54, 1.807) is 0 Å². The monoisotopic (exact) mass is 594 g/mol. The zero-order valence-electron chi connectivity index (χ0n) is 25.7. The highest BCUT2D eigenvalue weighted by Crippen LogP contribution is 2.60. The van der Waals surface area contributed by atoms with E-state index in [4.69, 9.17) is 15.0 Å². The van der Waals surface area contributed by atoms with Crippen molar-refractivity contribution in [1.82, 2.24) is 15.0 Å². The van der Waals surface area contributed by atoms with Gasteiger partial charge in [0.2, 0.25) is 0 Å². The Hall–Kier alpha value is -5.14. The van der Waals surface area contributed by atoms with E-state index in [0.717, 1.165) is 56.3 Å². The number of aromatic nitrogens is 3. The predicted molar refractivity (Wildman–Crippen MR) is 184 cm³/mol. The molecule has 4 bridgehead atoms. The summed E-state index contributed by atoms with van der Waals surface area (Å²) >= 11 is 0. The molecular weight excluding hydrogens is 560 g/mol. The van der Waals surface area contributed by atoms with E-state index in [2.05, 4.69) is 48.5 Å². The number of hydrogen-bond donors (Lipinski definition) is 0. The number of nitriles is 1. The quantitative estimate of drug-likeness (QED) is 0.199. The summed E-state index contributed by atoms with van der Waals surface area (Å²) in [5.41, 5.74) is 7.48. The maximum Gasteiger partial charge on any atom is 0.164 e. The Morgan fingerprint density at radius 1 is 0.522 bits per heavy atom. The second kappa shape index (κ2) is 10.7. The number of fused-ring (bicyclic) bond motifs is 1. The third-order valence-electron chi connectivity index (χ3n) is 10.9. The summed E-state index contributed by atoms with van der Waals surface area (Å²) in [6.45, 7) is 0. The molecule has 0 atom stereocenters. The van der Waals surface area contributed by atoms with Crippen LogP contribution >= 0.6 is 0 Å². The first-order valence-electron chi connectivity index (χ1n) is 16.6. The summed E-state index contributed by atoms with van der Waals surface area (Å²) in [7, 11) is 0. The molecule has 1 heterocycles. The topological polar surface area (TPSA) is 62.5 Å². The van der Waals surface area contributed by atoms with Crippen molar-refractivity contribution in [3.63, 3.8) is 0 Å². The Balaban J connectivity index is 1.17. The normalized spacial score (nSPS) is 23.0. The molecule has 4 nitrogen and oxygen atoms in total. The van der Waals surface area contributed by atoms with Crippen LogP contribution in [0.3, 0.4) is 0 Å². The smallest absolute Gasteiger partial charge is 0.164 e. The summed E-state index contributed by atoms with van der Waals surface area (Å²) in [5, 5.41) is 12.2. The van der Waals surface area contributed by atoms with Crippen LogP contribution in [0.15, 0.2) is 115 Å². The Morgan fingerprint density at radius 3 is 1.63 bits per heavy atom. The fraction of sp³-hybridized carbons (Fsp3) is 0.238. The lowest BCUT2D eigenvalue weighted by Gasteiger charge is -2.57. The molecule has 6 aromatic rings. The van der Waals surface area contributed by atoms with Gasteiger partial charge in [-0.1, -0.05) is 103 Å². The molecule has 0 unspecified atom stereocenters. The van der Waals surface area contributed by atoms with Crippen molar-refractivity contribution in [1.29, 1.82) is 5.26 Å². The van der Waals surface area contributed by atoms with Crippen LogP contribution in [0.5, 0.6) is 0 Å². The van der Waals surface area contributed by atoms with Crippen molar-refractivity contribution in [3.8, 4) is 51.4 Å². The van der Waals surface area contributed by atoms with Crippen LogP contribution in [-0.2, 0) is 5.41 Å². The Bertz CT molecular complexity index is 2030. The fourth-order valence-corrected chi connectivity index (χ4v) is 9.33. The maximum atomic E-state index is 10.3. The second-order valence-corrected chi connectivity index (χ2v) is 13.8. The summed E-state index contributed by atoms with van der Waals surface area (Å²) in [6.07, 6.45) is 8.43. The predicted octanol–water partition coefficient (Wildman–Crippen LogP) is 10.0. The Kier molecular flexibility index (Phi) is 6.35. The van der Waals surface area contributed by atoms with E-state index >= 15 is 0 Å². The Morgan fingerprint density at radius 2 is 1.07 bits per heavy atom. The molecule has 0 radical (unpaired) electrons. The van der Waals surface area contributed by atoms with Crippen molar-refractivity contribution in [2.75, 3.05) is 0 Å². The molecule has 4 heteroatoms. The summed E-state index contributed by atoms with van der Waals surface area (Å²) in [4.78, 5) is 14.9. The van der Waals surface area contributed by atoms with Crippen molar-refractivity contribution >= 4 is 10.8 Å². The summed E-state index contributed by atoms with van der Waals surface area (Å²) in [6, 6.07) is 42.2. The zero-order valence-corrected chi connectivity index (χ0v) is 25.7. The van der Waals surface area contributed by atoms with Crippen molar-refractivity contribution < 1.29 is 0 Å². The number of nitrogens with zero attached hydrogens (tertiary/aromatic N) is 4. The molecule has 1 aromatic heterocycles. The molecular formula is C42H34N4. The van der Waals surface area contributed by atoms with Crippen LogP contribution in [0.25, 0.3) is 56.1 Å². The lowest BCUT2D eigenvalue weighted by Crippen LogP contribution is -2.48. The highest BCUT2D eigenvalue weighted by atomic mass is 15.0. The highest BCUT2D eigenvalue weighted by Gasteiger charge is 2.51. The number of hydrogen-bond acceptors (Lipinski definition) is 4. The fourth-order valence-electron chi connectivity index (χ4n) is 9.33. The van der Waals surface area contributed by atoms with E-state index in [1.807, 2.05) is 72.8 Å². The van der Waals surface area contributed by atoms with Gasteiger partial charge in [0.15, 0.2) is 17.5 Å². The molecule has 0 amide bonds. The number of benzene rings is 5. The number of rotatable bonds is 5. The van der Waals surface area contributed by atoms with Crippen LogP contribution in [0.4, 0.5) is 0 Å². The lowest BCUT2D eigenvalue weighted by atomic mass is 9.48. The van der Waals surface area contributed by atoms with E-state index in [-0.39, 0.29) is 0 Å². The molecule has 0 saturated heterocycles. The van der Waals surface area contributed by atoms with E-state index in [1.165, 1.54) is 44.1 Å². The molecule has 0 N–H and O–H groups in total. The van der Waals surface area contributed by atoms with Crippen molar-refractivity contribution in [2.24, 2.45) is 17.8 Å². The van der Waals surface area contributed by atoms with Gasteiger partial charge in [0.25, 0.3) is 0 Å². The van der Waals surface area contributed by atoms with E-state index in [0.29, 0.717) is 28.5 Å². The largest absolute Gasteiger partial charge is 0.208 e. The third-order valence-corrected chi connectivity index (χ3v) is 10.9. The highest BCUT2D eigenvalue weighted by molar-refractivity contribution is 6.07. The Labute approximate surface area is 269 Å². The summed E-state index contributed by atoms with van der Waals surface area (Å²) in [5.74, 6) is 4.59. The molecule has 0 aliphatic heterocycles. The van der Waals surface area contributed by atoms with Gasteiger partial charge in [-0.15, -0.1) is 0 Å². The van der Waals surface area contributed by atoms with Gasteiger partial charge in [0, 0.05) is 22.1 Å².